The van der Waals surface area contributed by atoms with E-state index in [2.05, 4.69) is 26.1 Å². The zero-order valence-corrected chi connectivity index (χ0v) is 17.7. The summed E-state index contributed by atoms with van der Waals surface area (Å²) >= 11 is 3.41. The summed E-state index contributed by atoms with van der Waals surface area (Å²) in [6.45, 7) is 3.79. The Morgan fingerprint density at radius 2 is 1.93 bits per heavy atom. The van der Waals surface area contributed by atoms with E-state index in [4.69, 9.17) is 0 Å². The van der Waals surface area contributed by atoms with Gasteiger partial charge in [-0.3, -0.25) is 14.7 Å². The van der Waals surface area contributed by atoms with Crippen LogP contribution < -0.4 is 4.90 Å². The topological polar surface area (TPSA) is 86.3 Å². The Bertz CT molecular complexity index is 1090. The van der Waals surface area contributed by atoms with Gasteiger partial charge in [-0.1, -0.05) is 46.3 Å². The van der Waals surface area contributed by atoms with Crippen LogP contribution in [0.4, 0.5) is 5.69 Å². The van der Waals surface area contributed by atoms with Gasteiger partial charge in [0.1, 0.15) is 0 Å². The molecule has 1 aromatic heterocycles. The fourth-order valence-electron chi connectivity index (χ4n) is 3.90. The molecule has 2 heterocycles. The van der Waals surface area contributed by atoms with E-state index >= 15 is 0 Å². The maximum Gasteiger partial charge on any atom is 0.264 e. The fraction of sp³-hybridized carbons (Fsp3) is 0.227. The van der Waals surface area contributed by atoms with E-state index in [0.717, 1.165) is 10.0 Å². The fourth-order valence-corrected chi connectivity index (χ4v) is 4.26. The highest BCUT2D eigenvalue weighted by Crippen LogP contribution is 2.45. The average Bonchev–Trinajstić information content (AvgIpc) is 3.13. The number of anilines is 1. The first-order valence-electron chi connectivity index (χ1n) is 9.24. The Labute approximate surface area is 176 Å². The van der Waals surface area contributed by atoms with Crippen LogP contribution in [-0.2, 0) is 16.9 Å². The summed E-state index contributed by atoms with van der Waals surface area (Å²) in [6.07, 6.45) is -0.345. The van der Waals surface area contributed by atoms with E-state index in [0.29, 0.717) is 34.7 Å². The van der Waals surface area contributed by atoms with Gasteiger partial charge in [0.15, 0.2) is 11.4 Å². The number of benzene rings is 2. The van der Waals surface area contributed by atoms with E-state index in [-0.39, 0.29) is 12.2 Å². The molecule has 1 aliphatic rings. The average molecular weight is 454 g/mol. The minimum Gasteiger partial charge on any atom is -0.375 e. The number of halogens is 1. The predicted molar refractivity (Wildman–Crippen MR) is 113 cm³/mol. The van der Waals surface area contributed by atoms with Crippen LogP contribution in [0.2, 0.25) is 0 Å². The smallest absolute Gasteiger partial charge is 0.264 e. The van der Waals surface area contributed by atoms with Gasteiger partial charge in [-0.15, -0.1) is 0 Å². The highest BCUT2D eigenvalue weighted by Gasteiger charge is 2.51. The monoisotopic (exact) mass is 453 g/mol. The molecule has 0 radical (unpaired) electrons. The first-order valence-corrected chi connectivity index (χ1v) is 10.0. The molecule has 2 N–H and O–H groups in total. The molecule has 0 saturated carbocycles. The van der Waals surface area contributed by atoms with Crippen LogP contribution in [-0.4, -0.2) is 27.0 Å². The van der Waals surface area contributed by atoms with Crippen molar-refractivity contribution in [2.45, 2.75) is 32.4 Å². The minimum atomic E-state index is -1.93. The number of carbonyl (C=O) groups excluding carboxylic acids is 2. The number of aliphatic hydroxyl groups is 1. The van der Waals surface area contributed by atoms with Crippen LogP contribution in [0.1, 0.15) is 39.3 Å². The van der Waals surface area contributed by atoms with E-state index in [1.165, 1.54) is 0 Å². The van der Waals surface area contributed by atoms with Crippen LogP contribution in [0, 0.1) is 13.8 Å². The van der Waals surface area contributed by atoms with E-state index in [1.807, 2.05) is 36.4 Å². The molecule has 0 spiro atoms. The van der Waals surface area contributed by atoms with Crippen molar-refractivity contribution in [2.75, 3.05) is 4.90 Å². The molecule has 1 atom stereocenters. The normalized spacial score (nSPS) is 18.2. The van der Waals surface area contributed by atoms with Gasteiger partial charge >= 0.3 is 0 Å². The molecule has 0 saturated heterocycles. The first-order chi connectivity index (χ1) is 13.8. The molecule has 4 rings (SSSR count). The van der Waals surface area contributed by atoms with Crippen molar-refractivity contribution in [2.24, 2.45) is 0 Å². The lowest BCUT2D eigenvalue weighted by Gasteiger charge is -2.23. The molecule has 1 amide bonds. The quantitative estimate of drug-likeness (QED) is 0.575. The molecule has 0 bridgehead atoms. The summed E-state index contributed by atoms with van der Waals surface area (Å²) in [7, 11) is 0. The number of aromatic amines is 1. The van der Waals surface area contributed by atoms with Gasteiger partial charge in [-0.05, 0) is 37.6 Å². The zero-order chi connectivity index (χ0) is 20.8. The molecule has 0 fully saturated rings. The predicted octanol–water partition coefficient (Wildman–Crippen LogP) is 3.80. The zero-order valence-electron chi connectivity index (χ0n) is 16.1. The highest BCUT2D eigenvalue weighted by atomic mass is 79.9. The molecule has 0 unspecified atom stereocenters. The molecular formula is C22H20BrN3O3. The second-order valence-corrected chi connectivity index (χ2v) is 8.22. The van der Waals surface area contributed by atoms with Crippen LogP contribution in [0.25, 0.3) is 0 Å². The number of ketones is 1. The number of hydrogen-bond donors (Lipinski definition) is 2. The summed E-state index contributed by atoms with van der Waals surface area (Å²) in [6, 6.07) is 14.9. The molecule has 148 valence electrons. The van der Waals surface area contributed by atoms with Crippen molar-refractivity contribution >= 4 is 33.3 Å². The van der Waals surface area contributed by atoms with Gasteiger partial charge in [0.05, 0.1) is 29.9 Å². The molecule has 2 aromatic carbocycles. The number of H-pyrrole nitrogens is 1. The number of carbonyl (C=O) groups is 2. The van der Waals surface area contributed by atoms with Gasteiger partial charge < -0.3 is 10.0 Å². The molecule has 1 aliphatic heterocycles. The standard InChI is InChI=1S/C22H20BrN3O3/c1-13-20(14(2)25-24-13)19(27)11-22(29)17-10-16(23)8-9-18(17)26(21(22)28)12-15-6-4-3-5-7-15/h3-10,29H,11-12H2,1-2H3,(H,24,25)/t22-/m0/s1. The highest BCUT2D eigenvalue weighted by molar-refractivity contribution is 9.10. The van der Waals surface area contributed by atoms with Crippen molar-refractivity contribution in [1.29, 1.82) is 0 Å². The van der Waals surface area contributed by atoms with Crippen molar-refractivity contribution in [3.63, 3.8) is 0 Å². The van der Waals surface area contributed by atoms with Crippen LogP contribution >= 0.6 is 15.9 Å². The lowest BCUT2D eigenvalue weighted by atomic mass is 9.87. The number of amides is 1. The van der Waals surface area contributed by atoms with E-state index in [9.17, 15) is 14.7 Å². The van der Waals surface area contributed by atoms with Crippen molar-refractivity contribution in [1.82, 2.24) is 10.2 Å². The Morgan fingerprint density at radius 3 is 2.59 bits per heavy atom. The lowest BCUT2D eigenvalue weighted by molar-refractivity contribution is -0.136. The summed E-state index contributed by atoms with van der Waals surface area (Å²) in [5, 5.41) is 18.3. The number of Topliss-reactive ketones (excluding diaryl/α,β-unsaturated/α-hetero) is 1. The van der Waals surface area contributed by atoms with Crippen molar-refractivity contribution in [3.05, 3.63) is 81.1 Å². The maximum absolute atomic E-state index is 13.4. The number of rotatable bonds is 5. The second-order valence-electron chi connectivity index (χ2n) is 7.31. The van der Waals surface area contributed by atoms with Gasteiger partial charge in [0.2, 0.25) is 0 Å². The summed E-state index contributed by atoms with van der Waals surface area (Å²) in [5.74, 6) is -0.821. The number of nitrogens with zero attached hydrogens (tertiary/aromatic N) is 2. The molecule has 0 aliphatic carbocycles. The first kappa shape index (κ1) is 19.5. The Morgan fingerprint density at radius 1 is 1.21 bits per heavy atom. The number of hydrogen-bond acceptors (Lipinski definition) is 4. The Balaban J connectivity index is 1.74. The van der Waals surface area contributed by atoms with Gasteiger partial charge in [0, 0.05) is 15.7 Å². The van der Waals surface area contributed by atoms with E-state index in [1.54, 1.807) is 30.9 Å². The van der Waals surface area contributed by atoms with Crippen LogP contribution in [0.15, 0.2) is 53.0 Å². The minimum absolute atomic E-state index is 0.314. The molecule has 6 nitrogen and oxygen atoms in total. The van der Waals surface area contributed by atoms with Gasteiger partial charge in [-0.25, -0.2) is 0 Å². The maximum atomic E-state index is 13.4. The number of aromatic nitrogens is 2. The van der Waals surface area contributed by atoms with E-state index < -0.39 is 11.5 Å². The summed E-state index contributed by atoms with van der Waals surface area (Å²) in [5.41, 5.74) is 1.64. The number of fused-ring (bicyclic) bond motifs is 1. The number of aryl methyl sites for hydroxylation is 2. The van der Waals surface area contributed by atoms with Gasteiger partial charge in [0.25, 0.3) is 5.91 Å². The largest absolute Gasteiger partial charge is 0.375 e. The molecule has 29 heavy (non-hydrogen) atoms. The molecular weight excluding hydrogens is 434 g/mol. The molecule has 3 aromatic rings. The summed E-state index contributed by atoms with van der Waals surface area (Å²) in [4.78, 5) is 27.9. The second kappa shape index (κ2) is 7.24. The molecule has 7 heteroatoms. The van der Waals surface area contributed by atoms with Crippen molar-refractivity contribution in [3.8, 4) is 0 Å². The lowest BCUT2D eigenvalue weighted by Crippen LogP contribution is -2.41. The number of nitrogens with one attached hydrogen (secondary N) is 1. The summed E-state index contributed by atoms with van der Waals surface area (Å²) < 4.78 is 0.729. The van der Waals surface area contributed by atoms with Crippen LogP contribution in [0.3, 0.4) is 0 Å². The van der Waals surface area contributed by atoms with Gasteiger partial charge in [-0.2, -0.15) is 5.10 Å². The third-order valence-corrected chi connectivity index (χ3v) is 5.79. The third kappa shape index (κ3) is 3.30. The van der Waals surface area contributed by atoms with Crippen molar-refractivity contribution < 1.29 is 14.7 Å². The van der Waals surface area contributed by atoms with Crippen LogP contribution in [0.5, 0.6) is 0 Å². The third-order valence-electron chi connectivity index (χ3n) is 5.30. The Kier molecular flexibility index (Phi) is 4.88. The Hall–Kier alpha value is -2.77. The SMILES string of the molecule is Cc1n[nH]c(C)c1C(=O)C[C@@]1(O)C(=O)N(Cc2ccccc2)c2ccc(Br)cc21.